The van der Waals surface area contributed by atoms with E-state index in [9.17, 15) is 0 Å². The van der Waals surface area contributed by atoms with Crippen LogP contribution in [0.5, 0.6) is 0 Å². The average Bonchev–Trinajstić information content (AvgIpc) is 1.45. The molecule has 0 fully saturated rings. The first-order valence-corrected chi connectivity index (χ1v) is 44.2. The molecule has 0 atom stereocenters. The Morgan fingerprint density at radius 3 is 0.832 bits per heavy atom. The van der Waals surface area contributed by atoms with Gasteiger partial charge in [0, 0.05) is 94.9 Å². The van der Waals surface area contributed by atoms with Gasteiger partial charge in [-0.2, -0.15) is 0 Å². The lowest BCUT2D eigenvalue weighted by atomic mass is 9.33. The average molecular weight is 1610 g/mol. The molecule has 0 spiro atoms. The fourth-order valence-electron chi connectivity index (χ4n) is 20.0. The molecule has 0 N–H and O–H groups in total. The largest absolute Gasteiger partial charge is 0.311 e. The Hall–Kier alpha value is -14.4. The Bertz CT molecular complexity index is 7370. The van der Waals surface area contributed by atoms with Crippen LogP contribution in [-0.4, -0.2) is 20.4 Å². The molecular formula is C118H99BN6. The zero-order chi connectivity index (χ0) is 85.1. The van der Waals surface area contributed by atoms with Gasteiger partial charge in [0.1, 0.15) is 0 Å². The number of nitrogens with zero attached hydrogens (tertiary/aromatic N) is 6. The molecule has 20 aromatic rings. The standard InChI is InChI=1S/C118H99BN6/c1-115(2,3)84-47-56-105-97(67-84)98-68-85(116(4,5)6)48-57-106(98)122(105)92-52-55-103-111(73-92)125(94-65-82(78-37-23-15-24-38-78)62-83(66-94)79-39-25-16-26-40-79)113-75-95(123-107-58-49-86(117(7,8)9)69-99(107)100-70-87(118(10,11)12)50-59-108(100)123)74-112-114(113)119(103)102-54-51-91(72-110(102)124(112)93-63-80(76-33-19-13-20-34-76)61-81(64-93)77-35-21-14-22-36-77)121-104-46-32-31-45-96(104)101-71-90(53-60-109(101)121)120(88-41-27-17-28-42-88)89-43-29-18-30-44-89/h13-75H,1-12H3. The summed E-state index contributed by atoms with van der Waals surface area (Å²) < 4.78 is 7.69. The number of fused-ring (bicyclic) bond motifs is 13. The molecule has 22 rings (SSSR count). The molecule has 17 aromatic carbocycles. The predicted molar refractivity (Wildman–Crippen MR) is 535 cm³/mol. The number of benzene rings is 17. The molecule has 125 heavy (non-hydrogen) atoms. The minimum atomic E-state index is -0.308. The van der Waals surface area contributed by atoms with Gasteiger partial charge in [0.2, 0.25) is 0 Å². The maximum Gasteiger partial charge on any atom is 0.252 e. The van der Waals surface area contributed by atoms with Crippen LogP contribution in [0.1, 0.15) is 105 Å². The Morgan fingerprint density at radius 1 is 0.200 bits per heavy atom. The highest BCUT2D eigenvalue weighted by atomic mass is 15.2. The summed E-state index contributed by atoms with van der Waals surface area (Å²) in [5, 5.41) is 7.30. The van der Waals surface area contributed by atoms with Crippen molar-refractivity contribution in [3.05, 3.63) is 404 Å². The van der Waals surface area contributed by atoms with E-state index in [0.29, 0.717) is 0 Å². The van der Waals surface area contributed by atoms with E-state index in [1.54, 1.807) is 0 Å². The van der Waals surface area contributed by atoms with Crippen molar-refractivity contribution in [2.45, 2.75) is 105 Å². The molecule has 604 valence electrons. The first kappa shape index (κ1) is 76.7. The zero-order valence-corrected chi connectivity index (χ0v) is 73.1. The maximum absolute atomic E-state index is 2.68. The highest BCUT2D eigenvalue weighted by Gasteiger charge is 2.45. The second-order valence-corrected chi connectivity index (χ2v) is 38.6. The first-order valence-electron chi connectivity index (χ1n) is 44.2. The van der Waals surface area contributed by atoms with Gasteiger partial charge in [-0.3, -0.25) is 0 Å². The molecule has 7 heteroatoms. The monoisotopic (exact) mass is 1610 g/mol. The molecule has 2 aliphatic heterocycles. The summed E-state index contributed by atoms with van der Waals surface area (Å²) in [5.41, 5.74) is 37.3. The lowest BCUT2D eigenvalue weighted by Gasteiger charge is -2.45. The van der Waals surface area contributed by atoms with Crippen LogP contribution in [0.4, 0.5) is 51.2 Å². The van der Waals surface area contributed by atoms with E-state index in [0.717, 1.165) is 135 Å². The van der Waals surface area contributed by atoms with Crippen LogP contribution < -0.4 is 31.1 Å². The van der Waals surface area contributed by atoms with Gasteiger partial charge in [-0.15, -0.1) is 0 Å². The highest BCUT2D eigenvalue weighted by molar-refractivity contribution is 7.00. The number of rotatable bonds is 12. The third-order valence-corrected chi connectivity index (χ3v) is 26.5. The number of anilines is 9. The Balaban J connectivity index is 0.891. The Labute approximate surface area is 733 Å². The Kier molecular flexibility index (Phi) is 17.9. The van der Waals surface area contributed by atoms with Gasteiger partial charge in [0.25, 0.3) is 6.71 Å². The van der Waals surface area contributed by atoms with Crippen LogP contribution in [0.3, 0.4) is 0 Å². The molecule has 0 radical (unpaired) electrons. The van der Waals surface area contributed by atoms with Crippen molar-refractivity contribution < 1.29 is 0 Å². The van der Waals surface area contributed by atoms with Gasteiger partial charge in [-0.25, -0.2) is 0 Å². The second-order valence-electron chi connectivity index (χ2n) is 38.6. The molecule has 2 aliphatic rings. The van der Waals surface area contributed by atoms with Gasteiger partial charge in [0.05, 0.1) is 38.8 Å². The second kappa shape index (κ2) is 29.1. The fraction of sp³-hybridized carbons (Fsp3) is 0.136. The summed E-state index contributed by atoms with van der Waals surface area (Å²) in [6.07, 6.45) is 0. The van der Waals surface area contributed by atoms with Crippen LogP contribution in [0.25, 0.3) is 127 Å². The molecule has 0 amide bonds. The first-order chi connectivity index (χ1) is 60.5. The van der Waals surface area contributed by atoms with Crippen molar-refractivity contribution in [1.29, 1.82) is 0 Å². The van der Waals surface area contributed by atoms with E-state index < -0.39 is 0 Å². The van der Waals surface area contributed by atoms with Gasteiger partial charge in [0.15, 0.2) is 0 Å². The molecular weight excluding hydrogens is 1510 g/mol. The topological polar surface area (TPSA) is 24.5 Å². The number of hydrogen-bond donors (Lipinski definition) is 0. The predicted octanol–water partition coefficient (Wildman–Crippen LogP) is 30.4. The molecule has 5 heterocycles. The van der Waals surface area contributed by atoms with Crippen molar-refractivity contribution in [3.63, 3.8) is 0 Å². The van der Waals surface area contributed by atoms with Crippen LogP contribution in [0.15, 0.2) is 382 Å². The van der Waals surface area contributed by atoms with Crippen molar-refractivity contribution in [3.8, 4) is 61.6 Å². The van der Waals surface area contributed by atoms with E-state index in [4.69, 9.17) is 0 Å². The summed E-state index contributed by atoms with van der Waals surface area (Å²) in [7, 11) is 0. The molecule has 6 nitrogen and oxygen atoms in total. The summed E-state index contributed by atoms with van der Waals surface area (Å²) in [5.74, 6) is 0. The van der Waals surface area contributed by atoms with E-state index in [-0.39, 0.29) is 28.4 Å². The third kappa shape index (κ3) is 13.1. The lowest BCUT2D eigenvalue weighted by molar-refractivity contribution is 0.590. The molecule has 3 aromatic heterocycles. The van der Waals surface area contributed by atoms with Crippen LogP contribution in [-0.2, 0) is 21.7 Å². The van der Waals surface area contributed by atoms with Gasteiger partial charge in [-0.05, 0) is 275 Å². The molecule has 0 saturated carbocycles. The summed E-state index contributed by atoms with van der Waals surface area (Å²) in [6.45, 7) is 27.8. The number of para-hydroxylation sites is 3. The number of aromatic nitrogens is 3. The minimum Gasteiger partial charge on any atom is -0.311 e. The summed E-state index contributed by atoms with van der Waals surface area (Å²) >= 11 is 0. The molecule has 0 aliphatic carbocycles. The van der Waals surface area contributed by atoms with Crippen molar-refractivity contribution >= 4 is 140 Å². The van der Waals surface area contributed by atoms with Crippen LogP contribution in [0.2, 0.25) is 0 Å². The quantitative estimate of drug-likeness (QED) is 0.114. The fourth-order valence-corrected chi connectivity index (χ4v) is 20.0. The van der Waals surface area contributed by atoms with E-state index in [1.807, 2.05) is 0 Å². The maximum atomic E-state index is 2.68. The van der Waals surface area contributed by atoms with Crippen molar-refractivity contribution in [2.75, 3.05) is 14.7 Å². The van der Waals surface area contributed by atoms with E-state index >= 15 is 0 Å². The van der Waals surface area contributed by atoms with Gasteiger partial charge >= 0.3 is 0 Å². The van der Waals surface area contributed by atoms with Crippen LogP contribution >= 0.6 is 0 Å². The molecule has 0 saturated heterocycles. The summed E-state index contributed by atoms with van der Waals surface area (Å²) in [4.78, 5) is 7.73. The highest BCUT2D eigenvalue weighted by Crippen LogP contribution is 2.52. The van der Waals surface area contributed by atoms with Gasteiger partial charge in [-0.1, -0.05) is 295 Å². The minimum absolute atomic E-state index is 0.0819. The molecule has 0 unspecified atom stereocenters. The van der Waals surface area contributed by atoms with Crippen molar-refractivity contribution in [1.82, 2.24) is 13.7 Å². The SMILES string of the molecule is CC(C)(C)c1ccc2c(c1)c1cc(C(C)(C)C)ccc1n2-c1ccc2c(c1)N(c1cc(-c3ccccc3)cc(-c3ccccc3)c1)c1cc(-n3c4ccc(C(C)(C)C)cc4c4cc(C(C)(C)C)ccc43)cc3c1B2c1ccc(-n2c4ccccc4c4cc(N(c5ccccc5)c5ccccc5)ccc42)cc1N3c1cc(-c2ccccc2)cc(-c2ccccc2)c1. The third-order valence-electron chi connectivity index (χ3n) is 26.5. The zero-order valence-electron chi connectivity index (χ0n) is 73.1. The number of hydrogen-bond acceptors (Lipinski definition) is 3. The van der Waals surface area contributed by atoms with Crippen molar-refractivity contribution in [2.24, 2.45) is 0 Å². The Morgan fingerprint density at radius 2 is 0.488 bits per heavy atom. The van der Waals surface area contributed by atoms with E-state index in [1.165, 1.54) is 82.0 Å². The lowest BCUT2D eigenvalue weighted by Crippen LogP contribution is -2.61. The normalized spacial score (nSPS) is 12.9. The molecule has 0 bridgehead atoms. The van der Waals surface area contributed by atoms with E-state index in [2.05, 4.69) is 494 Å². The summed E-state index contributed by atoms with van der Waals surface area (Å²) in [6, 6.07) is 146. The smallest absolute Gasteiger partial charge is 0.252 e. The van der Waals surface area contributed by atoms with Crippen LogP contribution in [0, 0.1) is 0 Å². The van der Waals surface area contributed by atoms with Gasteiger partial charge < -0.3 is 28.4 Å².